The molecule has 0 aliphatic heterocycles. The van der Waals surface area contributed by atoms with Crippen molar-refractivity contribution < 1.29 is 19.6 Å². The van der Waals surface area contributed by atoms with Crippen molar-refractivity contribution in [1.82, 2.24) is 4.98 Å². The molecular formula is C14H22N4O3. The molecule has 0 atom stereocenters. The summed E-state index contributed by atoms with van der Waals surface area (Å²) >= 11 is 0. The second kappa shape index (κ2) is 8.91. The highest BCUT2D eigenvalue weighted by Crippen LogP contribution is 2.10. The summed E-state index contributed by atoms with van der Waals surface area (Å²) in [5.74, 6) is -0.852. The summed E-state index contributed by atoms with van der Waals surface area (Å²) < 4.78 is 0. The number of anilines is 2. The summed E-state index contributed by atoms with van der Waals surface area (Å²) in [6, 6.07) is 3.50. The number of nitrogens with one attached hydrogen (secondary N) is 3. The first kappa shape index (κ1) is 16.9. The summed E-state index contributed by atoms with van der Waals surface area (Å²) in [6.45, 7) is 1.93. The van der Waals surface area contributed by atoms with Crippen LogP contribution in [0.2, 0.25) is 0 Å². The molecule has 0 bridgehead atoms. The minimum Gasteiger partial charge on any atom is -0.550 e. The molecule has 3 N–H and O–H groups in total. The summed E-state index contributed by atoms with van der Waals surface area (Å²) in [4.78, 5) is 27.3. The van der Waals surface area contributed by atoms with Gasteiger partial charge in [-0.25, -0.2) is 4.98 Å². The maximum absolute atomic E-state index is 11.4. The lowest BCUT2D eigenvalue weighted by atomic mass is 10.3. The molecule has 7 heteroatoms. The Kier molecular flexibility index (Phi) is 7.17. The highest BCUT2D eigenvalue weighted by molar-refractivity contribution is 5.92. The Morgan fingerprint density at radius 3 is 2.62 bits per heavy atom. The van der Waals surface area contributed by atoms with E-state index in [4.69, 9.17) is 0 Å². The minimum absolute atomic E-state index is 0.102. The molecule has 1 amide bonds. The number of aliphatic carboxylic acids is 1. The van der Waals surface area contributed by atoms with Crippen molar-refractivity contribution in [1.29, 1.82) is 0 Å². The lowest BCUT2D eigenvalue weighted by molar-refractivity contribution is -0.858. The second-order valence-corrected chi connectivity index (χ2v) is 5.09. The molecule has 21 heavy (non-hydrogen) atoms. The van der Waals surface area contributed by atoms with Crippen molar-refractivity contribution in [3.8, 4) is 0 Å². The van der Waals surface area contributed by atoms with Crippen LogP contribution in [0.3, 0.4) is 0 Å². The van der Waals surface area contributed by atoms with Crippen LogP contribution in [0.5, 0.6) is 0 Å². The number of aromatic nitrogens is 1. The van der Waals surface area contributed by atoms with Crippen LogP contribution in [0.4, 0.5) is 11.5 Å². The van der Waals surface area contributed by atoms with Gasteiger partial charge in [-0.3, -0.25) is 4.79 Å². The van der Waals surface area contributed by atoms with Gasteiger partial charge >= 0.3 is 0 Å². The van der Waals surface area contributed by atoms with Gasteiger partial charge in [-0.1, -0.05) is 0 Å². The topological polar surface area (TPSA) is 98.6 Å². The average molecular weight is 294 g/mol. The second-order valence-electron chi connectivity index (χ2n) is 5.09. The molecule has 0 spiro atoms. The van der Waals surface area contributed by atoms with Gasteiger partial charge in [0.15, 0.2) is 0 Å². The number of pyridine rings is 1. The maximum atomic E-state index is 11.4. The summed E-state index contributed by atoms with van der Waals surface area (Å²) in [6.07, 6.45) is 2.20. The normalized spacial score (nSPS) is 10.4. The van der Waals surface area contributed by atoms with E-state index in [1.807, 2.05) is 0 Å². The number of carbonyl (C=O) groups excluding carboxylic acids is 2. The van der Waals surface area contributed by atoms with Gasteiger partial charge in [-0.15, -0.1) is 0 Å². The van der Waals surface area contributed by atoms with Crippen molar-refractivity contribution in [3.63, 3.8) is 0 Å². The molecule has 1 rings (SSSR count). The van der Waals surface area contributed by atoms with E-state index in [1.165, 1.54) is 11.1 Å². The van der Waals surface area contributed by atoms with Gasteiger partial charge in [0, 0.05) is 25.4 Å². The molecule has 1 aromatic heterocycles. The van der Waals surface area contributed by atoms with Crippen LogP contribution in [0.25, 0.3) is 0 Å². The molecular weight excluding hydrogens is 272 g/mol. The van der Waals surface area contributed by atoms with E-state index in [2.05, 4.69) is 29.7 Å². The van der Waals surface area contributed by atoms with E-state index in [1.54, 1.807) is 12.1 Å². The fraction of sp³-hybridized carbons (Fsp3) is 0.500. The number of carboxylic acids is 1. The molecule has 0 unspecified atom stereocenters. The number of amides is 1. The third-order valence-corrected chi connectivity index (χ3v) is 2.76. The van der Waals surface area contributed by atoms with E-state index in [0.717, 1.165) is 25.3 Å². The highest BCUT2D eigenvalue weighted by Gasteiger charge is 2.03. The first-order valence-electron chi connectivity index (χ1n) is 6.96. The fourth-order valence-electron chi connectivity index (χ4n) is 1.67. The zero-order valence-corrected chi connectivity index (χ0v) is 12.4. The van der Waals surface area contributed by atoms with Crippen LogP contribution >= 0.6 is 0 Å². The van der Waals surface area contributed by atoms with Gasteiger partial charge in [0.1, 0.15) is 5.82 Å². The van der Waals surface area contributed by atoms with Crippen molar-refractivity contribution in [3.05, 3.63) is 18.3 Å². The SMILES string of the molecule is C[NH+](C)CCCNc1ccc(NC(=O)CCC(=O)[O-])cn1. The predicted molar refractivity (Wildman–Crippen MR) is 77.9 cm³/mol. The molecule has 0 aromatic carbocycles. The van der Waals surface area contributed by atoms with Crippen LogP contribution in [0.1, 0.15) is 19.3 Å². The van der Waals surface area contributed by atoms with Gasteiger partial charge in [0.05, 0.1) is 32.5 Å². The zero-order valence-electron chi connectivity index (χ0n) is 12.4. The lowest BCUT2D eigenvalue weighted by Crippen LogP contribution is -3.05. The monoisotopic (exact) mass is 294 g/mol. The van der Waals surface area contributed by atoms with Crippen LogP contribution in [0, 0.1) is 0 Å². The standard InChI is InChI=1S/C14H22N4O3/c1-18(2)9-3-8-15-12-5-4-11(10-16-12)17-13(19)6-7-14(20)21/h4-5,10H,3,6-9H2,1-2H3,(H,15,16)(H,17,19)(H,20,21). The highest BCUT2D eigenvalue weighted by atomic mass is 16.4. The quantitative estimate of drug-likeness (QED) is 0.481. The number of quaternary nitrogens is 1. The molecule has 0 fully saturated rings. The molecule has 0 aliphatic rings. The Hall–Kier alpha value is -2.15. The molecule has 116 valence electrons. The summed E-state index contributed by atoms with van der Waals surface area (Å²) in [5, 5.41) is 16.0. The third kappa shape index (κ3) is 7.88. The number of rotatable bonds is 9. The van der Waals surface area contributed by atoms with Gasteiger partial charge in [0.2, 0.25) is 5.91 Å². The van der Waals surface area contributed by atoms with Gasteiger partial charge in [-0.05, 0) is 18.6 Å². The smallest absolute Gasteiger partial charge is 0.224 e. The Labute approximate surface area is 124 Å². The fourth-order valence-corrected chi connectivity index (χ4v) is 1.67. The number of carboxylic acid groups (broad SMARTS) is 1. The minimum atomic E-state index is -1.23. The zero-order chi connectivity index (χ0) is 15.7. The van der Waals surface area contributed by atoms with Crippen LogP contribution < -0.4 is 20.6 Å². The van der Waals surface area contributed by atoms with Crippen molar-refractivity contribution in [2.24, 2.45) is 0 Å². The lowest BCUT2D eigenvalue weighted by Gasteiger charge is -2.09. The Morgan fingerprint density at radius 1 is 1.29 bits per heavy atom. The van der Waals surface area contributed by atoms with Gasteiger partial charge < -0.3 is 25.4 Å². The predicted octanol–water partition coefficient (Wildman–Crippen LogP) is -1.50. The van der Waals surface area contributed by atoms with Crippen LogP contribution in [-0.2, 0) is 9.59 Å². The van der Waals surface area contributed by atoms with E-state index >= 15 is 0 Å². The number of hydrogen-bond acceptors (Lipinski definition) is 5. The Bertz CT molecular complexity index is 460. The van der Waals surface area contributed by atoms with Gasteiger partial charge in [-0.2, -0.15) is 0 Å². The molecule has 0 radical (unpaired) electrons. The summed E-state index contributed by atoms with van der Waals surface area (Å²) in [5.41, 5.74) is 0.543. The molecule has 0 saturated carbocycles. The first-order chi connectivity index (χ1) is 9.97. The largest absolute Gasteiger partial charge is 0.550 e. The average Bonchev–Trinajstić information content (AvgIpc) is 2.43. The van der Waals surface area contributed by atoms with Crippen LogP contribution in [-0.4, -0.2) is 44.0 Å². The Morgan fingerprint density at radius 2 is 2.05 bits per heavy atom. The van der Waals surface area contributed by atoms with E-state index < -0.39 is 5.97 Å². The molecule has 7 nitrogen and oxygen atoms in total. The number of nitrogens with zero attached hydrogens (tertiary/aromatic N) is 1. The molecule has 0 saturated heterocycles. The molecule has 0 aliphatic carbocycles. The van der Waals surface area contributed by atoms with Crippen molar-refractivity contribution in [2.45, 2.75) is 19.3 Å². The van der Waals surface area contributed by atoms with Crippen molar-refractivity contribution >= 4 is 23.4 Å². The van der Waals surface area contributed by atoms with Crippen molar-refractivity contribution in [2.75, 3.05) is 37.8 Å². The van der Waals surface area contributed by atoms with E-state index in [9.17, 15) is 14.7 Å². The molecule has 1 heterocycles. The molecule has 1 aromatic rings. The van der Waals surface area contributed by atoms with Crippen LogP contribution in [0.15, 0.2) is 18.3 Å². The third-order valence-electron chi connectivity index (χ3n) is 2.76. The maximum Gasteiger partial charge on any atom is 0.224 e. The van der Waals surface area contributed by atoms with Gasteiger partial charge in [0.25, 0.3) is 0 Å². The first-order valence-corrected chi connectivity index (χ1v) is 6.96. The number of carbonyl (C=O) groups is 2. The van der Waals surface area contributed by atoms with E-state index in [-0.39, 0.29) is 18.7 Å². The Balaban J connectivity index is 2.32. The van der Waals surface area contributed by atoms with E-state index in [0.29, 0.717) is 5.69 Å². The summed E-state index contributed by atoms with van der Waals surface area (Å²) in [7, 11) is 4.21. The number of hydrogen-bond donors (Lipinski definition) is 3.